The van der Waals surface area contributed by atoms with Crippen LogP contribution in [0.2, 0.25) is 5.02 Å². The molecule has 0 aliphatic carbocycles. The van der Waals surface area contributed by atoms with Crippen LogP contribution in [0.15, 0.2) is 42.6 Å². The summed E-state index contributed by atoms with van der Waals surface area (Å²) in [5.74, 6) is 0.535. The van der Waals surface area contributed by atoms with Gasteiger partial charge in [0, 0.05) is 51.0 Å². The number of aliphatic hydroxyl groups excluding tert-OH is 1. The molecule has 12 heteroatoms. The highest BCUT2D eigenvalue weighted by molar-refractivity contribution is 6.33. The molecule has 0 saturated carbocycles. The topological polar surface area (TPSA) is 133 Å². The van der Waals surface area contributed by atoms with Gasteiger partial charge in [-0.05, 0) is 36.6 Å². The zero-order valence-electron chi connectivity index (χ0n) is 22.4. The summed E-state index contributed by atoms with van der Waals surface area (Å²) in [5, 5.41) is 16.4. The number of fused-ring (bicyclic) bond motifs is 1. The maximum atomic E-state index is 13.3. The molecular formula is C28H32ClN7O4. The molecule has 5 rings (SSSR count). The molecule has 4 heterocycles. The number of amides is 2. The number of benzene rings is 1. The van der Waals surface area contributed by atoms with Crippen LogP contribution in [0.1, 0.15) is 40.5 Å². The van der Waals surface area contributed by atoms with Gasteiger partial charge in [0.05, 0.1) is 35.3 Å². The van der Waals surface area contributed by atoms with Crippen LogP contribution in [0.25, 0.3) is 11.3 Å². The standard InChI is InChI=1S/C28H32ClN7O4/c1-35(2)24-5-3-4-22(32-24)23(16-37)33-25(38)15-36-14-18-7-6-17(12-20(18)27(36)39)26-21(29)13-30-28(34-26)31-19-8-10-40-11-9-19/h3-7,12-13,19,23,37H,8-11,14-16H2,1-2H3,(H,33,38)(H,30,31,34)/t23-/m1/s1. The number of anilines is 2. The molecule has 0 bridgehead atoms. The molecule has 40 heavy (non-hydrogen) atoms. The van der Waals surface area contributed by atoms with E-state index in [0.29, 0.717) is 59.1 Å². The molecule has 1 fully saturated rings. The minimum absolute atomic E-state index is 0.153. The number of carbonyl (C=O) groups excluding carboxylic acids is 2. The maximum Gasteiger partial charge on any atom is 0.254 e. The van der Waals surface area contributed by atoms with Crippen molar-refractivity contribution >= 4 is 35.2 Å². The first-order chi connectivity index (χ1) is 19.3. The number of pyridine rings is 1. The van der Waals surface area contributed by atoms with Gasteiger partial charge in [0.15, 0.2) is 0 Å². The molecule has 2 amide bonds. The number of nitrogens with zero attached hydrogens (tertiary/aromatic N) is 5. The molecular weight excluding hydrogens is 534 g/mol. The van der Waals surface area contributed by atoms with Gasteiger partial charge >= 0.3 is 0 Å². The fraction of sp³-hybridized carbons (Fsp3) is 0.393. The highest BCUT2D eigenvalue weighted by atomic mass is 35.5. The lowest BCUT2D eigenvalue weighted by Gasteiger charge is -2.23. The summed E-state index contributed by atoms with van der Waals surface area (Å²) in [7, 11) is 3.73. The first kappa shape index (κ1) is 27.8. The van der Waals surface area contributed by atoms with E-state index in [2.05, 4.69) is 25.6 Å². The zero-order valence-corrected chi connectivity index (χ0v) is 23.2. The molecule has 11 nitrogen and oxygen atoms in total. The van der Waals surface area contributed by atoms with Gasteiger partial charge in [-0.15, -0.1) is 0 Å². The van der Waals surface area contributed by atoms with E-state index >= 15 is 0 Å². The lowest BCUT2D eigenvalue weighted by molar-refractivity contribution is -0.122. The van der Waals surface area contributed by atoms with Gasteiger partial charge in [-0.2, -0.15) is 0 Å². The number of halogens is 1. The van der Waals surface area contributed by atoms with Gasteiger partial charge in [0.1, 0.15) is 12.4 Å². The molecule has 1 saturated heterocycles. The quantitative estimate of drug-likeness (QED) is 0.358. The zero-order chi connectivity index (χ0) is 28.2. The predicted molar refractivity (Wildman–Crippen MR) is 151 cm³/mol. The van der Waals surface area contributed by atoms with E-state index in [0.717, 1.165) is 18.4 Å². The Balaban J connectivity index is 1.27. The third-order valence-electron chi connectivity index (χ3n) is 6.98. The minimum atomic E-state index is -0.692. The molecule has 3 N–H and O–H groups in total. The van der Waals surface area contributed by atoms with E-state index in [1.807, 2.05) is 43.3 Å². The Bertz CT molecular complexity index is 1400. The molecule has 0 spiro atoms. The Kier molecular flexibility index (Phi) is 8.43. The molecule has 3 aromatic rings. The maximum absolute atomic E-state index is 13.3. The van der Waals surface area contributed by atoms with Crippen LogP contribution in [0.4, 0.5) is 11.8 Å². The smallest absolute Gasteiger partial charge is 0.254 e. The normalized spacial score (nSPS) is 16.0. The Morgan fingerprint density at radius 2 is 2.02 bits per heavy atom. The van der Waals surface area contributed by atoms with Crippen molar-refractivity contribution in [2.24, 2.45) is 0 Å². The second-order valence-corrected chi connectivity index (χ2v) is 10.5. The van der Waals surface area contributed by atoms with Gasteiger partial charge in [-0.1, -0.05) is 29.8 Å². The van der Waals surface area contributed by atoms with Crippen molar-refractivity contribution in [3.63, 3.8) is 0 Å². The first-order valence-corrected chi connectivity index (χ1v) is 13.5. The summed E-state index contributed by atoms with van der Waals surface area (Å²) in [4.78, 5) is 42.9. The van der Waals surface area contributed by atoms with Crippen LogP contribution in [0.5, 0.6) is 0 Å². The monoisotopic (exact) mass is 565 g/mol. The van der Waals surface area contributed by atoms with Gasteiger partial charge in [0.2, 0.25) is 11.9 Å². The van der Waals surface area contributed by atoms with E-state index in [-0.39, 0.29) is 31.0 Å². The molecule has 2 aliphatic heterocycles. The second kappa shape index (κ2) is 12.2. The Hall–Kier alpha value is -3.80. The summed E-state index contributed by atoms with van der Waals surface area (Å²) in [6.07, 6.45) is 3.30. The van der Waals surface area contributed by atoms with Gasteiger partial charge < -0.3 is 30.3 Å². The second-order valence-electron chi connectivity index (χ2n) is 10.1. The van der Waals surface area contributed by atoms with E-state index < -0.39 is 6.04 Å². The number of carbonyl (C=O) groups is 2. The molecule has 1 atom stereocenters. The van der Waals surface area contributed by atoms with Crippen molar-refractivity contribution in [2.75, 3.05) is 50.7 Å². The van der Waals surface area contributed by atoms with E-state index in [1.54, 1.807) is 18.3 Å². The highest BCUT2D eigenvalue weighted by Gasteiger charge is 2.30. The van der Waals surface area contributed by atoms with Crippen LogP contribution in [0, 0.1) is 0 Å². The lowest BCUT2D eigenvalue weighted by atomic mass is 10.0. The summed E-state index contributed by atoms with van der Waals surface area (Å²) < 4.78 is 5.41. The Labute approximate surface area is 237 Å². The molecule has 2 aliphatic rings. The molecule has 2 aromatic heterocycles. The summed E-state index contributed by atoms with van der Waals surface area (Å²) in [6, 6.07) is 10.4. The number of aliphatic hydroxyl groups is 1. The largest absolute Gasteiger partial charge is 0.394 e. The first-order valence-electron chi connectivity index (χ1n) is 13.2. The van der Waals surface area contributed by atoms with Crippen LogP contribution in [0.3, 0.4) is 0 Å². The Morgan fingerprint density at radius 1 is 1.23 bits per heavy atom. The summed E-state index contributed by atoms with van der Waals surface area (Å²) in [6.45, 7) is 1.22. The number of aromatic nitrogens is 3. The summed E-state index contributed by atoms with van der Waals surface area (Å²) >= 11 is 6.45. The van der Waals surface area contributed by atoms with Crippen molar-refractivity contribution in [1.82, 2.24) is 25.2 Å². The van der Waals surface area contributed by atoms with E-state index in [9.17, 15) is 14.7 Å². The Morgan fingerprint density at radius 3 is 2.77 bits per heavy atom. The fourth-order valence-electron chi connectivity index (χ4n) is 4.81. The predicted octanol–water partition coefficient (Wildman–Crippen LogP) is 2.65. The summed E-state index contributed by atoms with van der Waals surface area (Å²) in [5.41, 5.74) is 3.06. The van der Waals surface area contributed by atoms with Crippen molar-refractivity contribution < 1.29 is 19.4 Å². The third-order valence-corrected chi connectivity index (χ3v) is 7.26. The van der Waals surface area contributed by atoms with Crippen molar-refractivity contribution in [3.05, 3.63) is 64.4 Å². The van der Waals surface area contributed by atoms with Crippen molar-refractivity contribution in [1.29, 1.82) is 0 Å². The SMILES string of the molecule is CN(C)c1cccc([C@@H](CO)NC(=O)CN2Cc3ccc(-c4nc(NC5CCOCC5)ncc4Cl)cc3C2=O)n1. The third kappa shape index (κ3) is 6.16. The highest BCUT2D eigenvalue weighted by Crippen LogP contribution is 2.31. The van der Waals surface area contributed by atoms with E-state index in [4.69, 9.17) is 16.3 Å². The van der Waals surface area contributed by atoms with Crippen LogP contribution < -0.4 is 15.5 Å². The number of ether oxygens (including phenoxy) is 1. The fourth-order valence-corrected chi connectivity index (χ4v) is 5.01. The number of nitrogens with one attached hydrogen (secondary N) is 2. The molecule has 0 radical (unpaired) electrons. The average Bonchev–Trinajstić information content (AvgIpc) is 3.27. The lowest BCUT2D eigenvalue weighted by Crippen LogP contribution is -2.40. The van der Waals surface area contributed by atoms with Crippen LogP contribution in [-0.2, 0) is 16.1 Å². The van der Waals surface area contributed by atoms with Gasteiger partial charge in [0.25, 0.3) is 5.91 Å². The average molecular weight is 566 g/mol. The molecule has 0 unspecified atom stereocenters. The van der Waals surface area contributed by atoms with Gasteiger partial charge in [-0.3, -0.25) is 9.59 Å². The van der Waals surface area contributed by atoms with Crippen LogP contribution in [-0.4, -0.2) is 83.3 Å². The van der Waals surface area contributed by atoms with Crippen molar-refractivity contribution in [2.45, 2.75) is 31.5 Å². The molecule has 210 valence electrons. The van der Waals surface area contributed by atoms with E-state index in [1.165, 1.54) is 4.90 Å². The number of hydrogen-bond donors (Lipinski definition) is 3. The van der Waals surface area contributed by atoms with Crippen molar-refractivity contribution in [3.8, 4) is 11.3 Å². The number of hydrogen-bond acceptors (Lipinski definition) is 9. The van der Waals surface area contributed by atoms with Gasteiger partial charge in [-0.25, -0.2) is 15.0 Å². The minimum Gasteiger partial charge on any atom is -0.394 e. The van der Waals surface area contributed by atoms with Crippen LogP contribution >= 0.6 is 11.6 Å². The number of rotatable bonds is 9. The molecule has 1 aromatic carbocycles.